The number of benzene rings is 1. The molecular weight excluding hydrogens is 297 g/mol. The van der Waals surface area contributed by atoms with Crippen LogP contribution >= 0.6 is 0 Å². The van der Waals surface area contributed by atoms with E-state index in [9.17, 15) is 9.18 Å². The van der Waals surface area contributed by atoms with Crippen molar-refractivity contribution < 1.29 is 14.3 Å². The summed E-state index contributed by atoms with van der Waals surface area (Å²) < 4.78 is 13.0. The van der Waals surface area contributed by atoms with Crippen molar-refractivity contribution in [3.05, 3.63) is 48.3 Å². The first kappa shape index (κ1) is 15.3. The predicted molar refractivity (Wildman–Crippen MR) is 86.0 cm³/mol. The minimum Gasteiger partial charge on any atom is -0.465 e. The van der Waals surface area contributed by atoms with Crippen LogP contribution in [0.5, 0.6) is 0 Å². The Kier molecular flexibility index (Phi) is 4.41. The third kappa shape index (κ3) is 3.77. The molecular formula is C17H18FN3O2. The van der Waals surface area contributed by atoms with Gasteiger partial charge in [-0.2, -0.15) is 0 Å². The second-order valence-electron chi connectivity index (χ2n) is 5.60. The number of carbonyl (C=O) groups is 1. The molecule has 1 aromatic heterocycles. The summed E-state index contributed by atoms with van der Waals surface area (Å²) in [6.07, 6.45) is 0.545. The highest BCUT2D eigenvalue weighted by Crippen LogP contribution is 2.23. The number of nitrogens with one attached hydrogen (secondary N) is 1. The van der Waals surface area contributed by atoms with Gasteiger partial charge in [0.25, 0.3) is 0 Å². The van der Waals surface area contributed by atoms with Gasteiger partial charge in [0.2, 0.25) is 0 Å². The van der Waals surface area contributed by atoms with Crippen molar-refractivity contribution in [1.82, 2.24) is 10.3 Å². The molecule has 1 aromatic carbocycles. The van der Waals surface area contributed by atoms with E-state index < -0.39 is 6.09 Å². The molecule has 3 rings (SSSR count). The van der Waals surface area contributed by atoms with Gasteiger partial charge in [0, 0.05) is 24.7 Å². The van der Waals surface area contributed by atoms with Crippen LogP contribution in [0.3, 0.4) is 0 Å². The summed E-state index contributed by atoms with van der Waals surface area (Å²) in [5.74, 6) is 0.596. The van der Waals surface area contributed by atoms with Crippen LogP contribution in [-0.2, 0) is 0 Å². The van der Waals surface area contributed by atoms with Gasteiger partial charge in [-0.05, 0) is 49.2 Å². The molecule has 23 heavy (non-hydrogen) atoms. The van der Waals surface area contributed by atoms with Crippen LogP contribution < -0.4 is 10.2 Å². The average Bonchev–Trinajstić information content (AvgIpc) is 2.56. The summed E-state index contributed by atoms with van der Waals surface area (Å²) in [5, 5.41) is 11.3. The van der Waals surface area contributed by atoms with E-state index in [2.05, 4.69) is 15.2 Å². The first-order valence-corrected chi connectivity index (χ1v) is 7.59. The zero-order chi connectivity index (χ0) is 16.2. The zero-order valence-corrected chi connectivity index (χ0v) is 12.6. The van der Waals surface area contributed by atoms with Crippen LogP contribution in [-0.4, -0.2) is 35.3 Å². The molecule has 0 atom stereocenters. The van der Waals surface area contributed by atoms with Gasteiger partial charge in [0.05, 0.1) is 5.69 Å². The number of aromatic nitrogens is 1. The lowest BCUT2D eigenvalue weighted by Gasteiger charge is -2.32. The third-order valence-electron chi connectivity index (χ3n) is 4.02. The van der Waals surface area contributed by atoms with Crippen LogP contribution in [0.2, 0.25) is 0 Å². The number of carboxylic acid groups (broad SMARTS) is 1. The highest BCUT2D eigenvalue weighted by atomic mass is 19.1. The fourth-order valence-corrected chi connectivity index (χ4v) is 2.81. The van der Waals surface area contributed by atoms with Crippen molar-refractivity contribution in [3.8, 4) is 11.3 Å². The second kappa shape index (κ2) is 6.64. The van der Waals surface area contributed by atoms with Crippen molar-refractivity contribution in [2.45, 2.75) is 18.9 Å². The SMILES string of the molecule is O=C(O)NC1CCN(c2cccc(-c3ccc(F)cc3)n2)CC1. The number of hydrogen-bond acceptors (Lipinski definition) is 3. The van der Waals surface area contributed by atoms with Gasteiger partial charge in [0.15, 0.2) is 0 Å². The van der Waals surface area contributed by atoms with E-state index in [1.807, 2.05) is 18.2 Å². The summed E-state index contributed by atoms with van der Waals surface area (Å²) in [4.78, 5) is 17.5. The van der Waals surface area contributed by atoms with Gasteiger partial charge in [-0.15, -0.1) is 0 Å². The molecule has 1 aliphatic heterocycles. The lowest BCUT2D eigenvalue weighted by Crippen LogP contribution is -2.44. The molecule has 6 heteroatoms. The molecule has 1 saturated heterocycles. The Morgan fingerprint density at radius 1 is 1.17 bits per heavy atom. The lowest BCUT2D eigenvalue weighted by molar-refractivity contribution is 0.187. The molecule has 5 nitrogen and oxygen atoms in total. The van der Waals surface area contributed by atoms with Crippen molar-refractivity contribution >= 4 is 11.9 Å². The van der Waals surface area contributed by atoms with Gasteiger partial charge < -0.3 is 15.3 Å². The van der Waals surface area contributed by atoms with Crippen LogP contribution in [0.15, 0.2) is 42.5 Å². The van der Waals surface area contributed by atoms with Crippen LogP contribution in [0.1, 0.15) is 12.8 Å². The van der Waals surface area contributed by atoms with E-state index in [-0.39, 0.29) is 11.9 Å². The minimum atomic E-state index is -0.972. The monoisotopic (exact) mass is 315 g/mol. The summed E-state index contributed by atoms with van der Waals surface area (Å²) in [6, 6.07) is 12.0. The van der Waals surface area contributed by atoms with Crippen LogP contribution in [0, 0.1) is 5.82 Å². The number of rotatable bonds is 3. The quantitative estimate of drug-likeness (QED) is 0.913. The van der Waals surface area contributed by atoms with Crippen molar-refractivity contribution in [2.24, 2.45) is 0 Å². The number of amides is 1. The molecule has 0 aliphatic carbocycles. The third-order valence-corrected chi connectivity index (χ3v) is 4.02. The fraction of sp³-hybridized carbons (Fsp3) is 0.294. The number of pyridine rings is 1. The van der Waals surface area contributed by atoms with E-state index in [1.54, 1.807) is 12.1 Å². The first-order chi connectivity index (χ1) is 11.1. The average molecular weight is 315 g/mol. The van der Waals surface area contributed by atoms with Gasteiger partial charge in [-0.25, -0.2) is 14.2 Å². The molecule has 0 bridgehead atoms. The number of halogens is 1. The number of nitrogens with zero attached hydrogens (tertiary/aromatic N) is 2. The Hall–Kier alpha value is -2.63. The molecule has 1 amide bonds. The molecule has 2 heterocycles. The maximum atomic E-state index is 13.0. The Morgan fingerprint density at radius 2 is 1.87 bits per heavy atom. The van der Waals surface area contributed by atoms with Crippen molar-refractivity contribution in [2.75, 3.05) is 18.0 Å². The molecule has 1 aliphatic rings. The van der Waals surface area contributed by atoms with Crippen molar-refractivity contribution in [1.29, 1.82) is 0 Å². The van der Waals surface area contributed by atoms with Crippen molar-refractivity contribution in [3.63, 3.8) is 0 Å². The predicted octanol–water partition coefficient (Wildman–Crippen LogP) is 3.12. The van der Waals surface area contributed by atoms with Crippen LogP contribution in [0.4, 0.5) is 15.0 Å². The number of hydrogen-bond donors (Lipinski definition) is 2. The maximum Gasteiger partial charge on any atom is 0.404 e. The standard InChI is InChI=1S/C17H18FN3O2/c18-13-6-4-12(5-7-13)15-2-1-3-16(20-15)21-10-8-14(9-11-21)19-17(22)23/h1-7,14,19H,8-11H2,(H,22,23). The smallest absolute Gasteiger partial charge is 0.404 e. The van der Waals surface area contributed by atoms with E-state index in [0.717, 1.165) is 43.0 Å². The van der Waals surface area contributed by atoms with E-state index in [0.29, 0.717) is 0 Å². The number of anilines is 1. The number of piperidine rings is 1. The molecule has 0 unspecified atom stereocenters. The Balaban J connectivity index is 1.71. The van der Waals surface area contributed by atoms with E-state index >= 15 is 0 Å². The highest BCUT2D eigenvalue weighted by molar-refractivity contribution is 5.65. The van der Waals surface area contributed by atoms with Gasteiger partial charge >= 0.3 is 6.09 Å². The summed E-state index contributed by atoms with van der Waals surface area (Å²) in [7, 11) is 0. The Morgan fingerprint density at radius 3 is 2.52 bits per heavy atom. The molecule has 0 radical (unpaired) electrons. The van der Waals surface area contributed by atoms with Crippen LogP contribution in [0.25, 0.3) is 11.3 Å². The van der Waals surface area contributed by atoms with Gasteiger partial charge in [0.1, 0.15) is 11.6 Å². The lowest BCUT2D eigenvalue weighted by atomic mass is 10.1. The topological polar surface area (TPSA) is 65.5 Å². The normalized spacial score (nSPS) is 15.4. The highest BCUT2D eigenvalue weighted by Gasteiger charge is 2.21. The maximum absolute atomic E-state index is 13.0. The van der Waals surface area contributed by atoms with Gasteiger partial charge in [-0.3, -0.25) is 0 Å². The summed E-state index contributed by atoms with van der Waals surface area (Å²) in [6.45, 7) is 1.51. The molecule has 0 saturated carbocycles. The molecule has 1 fully saturated rings. The van der Waals surface area contributed by atoms with E-state index in [4.69, 9.17) is 5.11 Å². The Labute approximate surface area is 133 Å². The first-order valence-electron chi connectivity index (χ1n) is 7.59. The second-order valence-corrected chi connectivity index (χ2v) is 5.60. The zero-order valence-electron chi connectivity index (χ0n) is 12.6. The largest absolute Gasteiger partial charge is 0.465 e. The summed E-state index contributed by atoms with van der Waals surface area (Å²) in [5.41, 5.74) is 1.67. The van der Waals surface area contributed by atoms with Gasteiger partial charge in [-0.1, -0.05) is 6.07 Å². The fourth-order valence-electron chi connectivity index (χ4n) is 2.81. The van der Waals surface area contributed by atoms with E-state index in [1.165, 1.54) is 12.1 Å². The summed E-state index contributed by atoms with van der Waals surface area (Å²) >= 11 is 0. The molecule has 0 spiro atoms. The minimum absolute atomic E-state index is 0.00373. The molecule has 120 valence electrons. The molecule has 2 N–H and O–H groups in total. The molecule has 2 aromatic rings. The Bertz CT molecular complexity index is 682.